The molecule has 0 aliphatic carbocycles. The fourth-order valence-electron chi connectivity index (χ4n) is 1.22. The third kappa shape index (κ3) is 3.97. The molecule has 0 aliphatic heterocycles. The van der Waals surface area contributed by atoms with E-state index in [2.05, 4.69) is 4.99 Å². The van der Waals surface area contributed by atoms with Crippen LogP contribution in [0.4, 0.5) is 4.39 Å². The van der Waals surface area contributed by atoms with Crippen molar-refractivity contribution in [2.24, 2.45) is 4.99 Å². The van der Waals surface area contributed by atoms with Gasteiger partial charge in [-0.1, -0.05) is 12.1 Å². The zero-order valence-corrected chi connectivity index (χ0v) is 7.87. The highest BCUT2D eigenvalue weighted by Gasteiger charge is 1.93. The van der Waals surface area contributed by atoms with Crippen molar-refractivity contribution >= 4 is 6.08 Å². The molecule has 0 unspecified atom stereocenters. The first-order valence-electron chi connectivity index (χ1n) is 4.61. The molecule has 0 N–H and O–H groups in total. The van der Waals surface area contributed by atoms with E-state index in [0.29, 0.717) is 6.54 Å². The average molecular weight is 193 g/mol. The summed E-state index contributed by atoms with van der Waals surface area (Å²) in [5, 5.41) is 0. The second-order valence-corrected chi connectivity index (χ2v) is 3.06. The molecule has 74 valence electrons. The van der Waals surface area contributed by atoms with Gasteiger partial charge in [-0.3, -0.25) is 0 Å². The molecule has 0 saturated carbocycles. The number of aryl methyl sites for hydroxylation is 1. The Morgan fingerprint density at radius 1 is 1.21 bits per heavy atom. The maximum Gasteiger partial charge on any atom is 0.234 e. The highest BCUT2D eigenvalue weighted by atomic mass is 19.1. The molecule has 1 aromatic rings. The number of isocyanates is 1. The van der Waals surface area contributed by atoms with Gasteiger partial charge in [-0.15, -0.1) is 0 Å². The molecule has 0 fully saturated rings. The average Bonchev–Trinajstić information content (AvgIpc) is 2.21. The predicted octanol–water partition coefficient (Wildman–Crippen LogP) is 2.48. The van der Waals surface area contributed by atoms with Crippen LogP contribution in [0.15, 0.2) is 29.3 Å². The Morgan fingerprint density at radius 2 is 1.93 bits per heavy atom. The summed E-state index contributed by atoms with van der Waals surface area (Å²) in [6, 6.07) is 6.47. The SMILES string of the molecule is O=C=NCCCCc1ccc(F)cc1. The van der Waals surface area contributed by atoms with Crippen LogP contribution >= 0.6 is 0 Å². The monoisotopic (exact) mass is 193 g/mol. The fourth-order valence-corrected chi connectivity index (χ4v) is 1.22. The Labute approximate surface area is 82.5 Å². The molecule has 1 rings (SSSR count). The van der Waals surface area contributed by atoms with Crippen molar-refractivity contribution in [2.45, 2.75) is 19.3 Å². The van der Waals surface area contributed by atoms with E-state index in [1.54, 1.807) is 12.1 Å². The van der Waals surface area contributed by atoms with E-state index < -0.39 is 0 Å². The standard InChI is InChI=1S/C11H12FNO/c12-11-6-4-10(5-7-11)3-1-2-8-13-9-14/h4-7H,1-3,8H2. The summed E-state index contributed by atoms with van der Waals surface area (Å²) in [4.78, 5) is 13.2. The first kappa shape index (κ1) is 10.6. The summed E-state index contributed by atoms with van der Waals surface area (Å²) in [6.45, 7) is 0.532. The molecule has 0 atom stereocenters. The molecule has 14 heavy (non-hydrogen) atoms. The van der Waals surface area contributed by atoms with Crippen molar-refractivity contribution in [2.75, 3.05) is 6.54 Å². The van der Waals surface area contributed by atoms with Gasteiger partial charge in [0.25, 0.3) is 0 Å². The molecule has 0 saturated heterocycles. The lowest BCUT2D eigenvalue weighted by Gasteiger charge is -1.99. The molecular weight excluding hydrogens is 181 g/mol. The quantitative estimate of drug-likeness (QED) is 0.401. The van der Waals surface area contributed by atoms with Gasteiger partial charge in [-0.05, 0) is 37.0 Å². The Balaban J connectivity index is 2.24. The Bertz CT molecular complexity index is 315. The van der Waals surface area contributed by atoms with Gasteiger partial charge in [-0.25, -0.2) is 14.2 Å². The molecule has 0 aromatic heterocycles. The number of carbonyl (C=O) groups excluding carboxylic acids is 1. The van der Waals surface area contributed by atoms with Gasteiger partial charge in [0.1, 0.15) is 5.82 Å². The van der Waals surface area contributed by atoms with Crippen molar-refractivity contribution in [1.29, 1.82) is 0 Å². The van der Waals surface area contributed by atoms with Crippen LogP contribution in [-0.4, -0.2) is 12.6 Å². The molecule has 0 amide bonds. The Kier molecular flexibility index (Phi) is 4.59. The second kappa shape index (κ2) is 6.06. The van der Waals surface area contributed by atoms with E-state index in [-0.39, 0.29) is 5.82 Å². The molecule has 0 heterocycles. The van der Waals surface area contributed by atoms with Crippen molar-refractivity contribution in [3.05, 3.63) is 35.6 Å². The number of unbranched alkanes of at least 4 members (excludes halogenated alkanes) is 1. The number of benzene rings is 1. The van der Waals surface area contributed by atoms with E-state index in [4.69, 9.17) is 0 Å². The zero-order chi connectivity index (χ0) is 10.2. The first-order valence-corrected chi connectivity index (χ1v) is 4.61. The minimum Gasteiger partial charge on any atom is -0.211 e. The van der Waals surface area contributed by atoms with Crippen molar-refractivity contribution < 1.29 is 9.18 Å². The molecule has 0 bridgehead atoms. The number of nitrogens with zero attached hydrogens (tertiary/aromatic N) is 1. The maximum absolute atomic E-state index is 12.5. The third-order valence-electron chi connectivity index (χ3n) is 1.96. The fraction of sp³-hybridized carbons (Fsp3) is 0.364. The van der Waals surface area contributed by atoms with E-state index in [0.717, 1.165) is 24.8 Å². The van der Waals surface area contributed by atoms with Gasteiger partial charge in [0.2, 0.25) is 6.08 Å². The number of rotatable bonds is 5. The van der Waals surface area contributed by atoms with E-state index >= 15 is 0 Å². The van der Waals surface area contributed by atoms with E-state index in [1.807, 2.05) is 0 Å². The number of aliphatic imine (C=N–C) groups is 1. The zero-order valence-electron chi connectivity index (χ0n) is 7.87. The first-order chi connectivity index (χ1) is 6.83. The summed E-state index contributed by atoms with van der Waals surface area (Å²) in [5.74, 6) is -0.209. The molecule has 0 radical (unpaired) electrons. The van der Waals surface area contributed by atoms with Crippen LogP contribution in [0.2, 0.25) is 0 Å². The van der Waals surface area contributed by atoms with Crippen LogP contribution < -0.4 is 0 Å². The summed E-state index contributed by atoms with van der Waals surface area (Å²) in [6.07, 6.45) is 4.22. The highest BCUT2D eigenvalue weighted by Crippen LogP contribution is 2.06. The lowest BCUT2D eigenvalue weighted by atomic mass is 10.1. The van der Waals surface area contributed by atoms with Crippen LogP contribution in [0, 0.1) is 5.82 Å². The Hall–Kier alpha value is -1.47. The van der Waals surface area contributed by atoms with E-state index in [1.165, 1.54) is 18.2 Å². The molecular formula is C11H12FNO. The highest BCUT2D eigenvalue weighted by molar-refractivity contribution is 5.32. The largest absolute Gasteiger partial charge is 0.234 e. The Morgan fingerprint density at radius 3 is 2.57 bits per heavy atom. The number of hydrogen-bond donors (Lipinski definition) is 0. The van der Waals surface area contributed by atoms with Crippen LogP contribution in [0.25, 0.3) is 0 Å². The number of hydrogen-bond acceptors (Lipinski definition) is 2. The molecule has 1 aromatic carbocycles. The molecule has 2 nitrogen and oxygen atoms in total. The van der Waals surface area contributed by atoms with Crippen molar-refractivity contribution in [3.63, 3.8) is 0 Å². The van der Waals surface area contributed by atoms with Crippen LogP contribution in [-0.2, 0) is 11.2 Å². The molecule has 3 heteroatoms. The smallest absolute Gasteiger partial charge is 0.211 e. The minimum atomic E-state index is -0.209. The van der Waals surface area contributed by atoms with E-state index in [9.17, 15) is 9.18 Å². The minimum absolute atomic E-state index is 0.209. The van der Waals surface area contributed by atoms with Gasteiger partial charge in [0.05, 0.1) is 6.54 Å². The molecule has 0 aliphatic rings. The van der Waals surface area contributed by atoms with Crippen LogP contribution in [0.1, 0.15) is 18.4 Å². The third-order valence-corrected chi connectivity index (χ3v) is 1.96. The maximum atomic E-state index is 12.5. The molecule has 0 spiro atoms. The summed E-state index contributed by atoms with van der Waals surface area (Å²) in [7, 11) is 0. The summed E-state index contributed by atoms with van der Waals surface area (Å²) in [5.41, 5.74) is 1.11. The topological polar surface area (TPSA) is 29.4 Å². The van der Waals surface area contributed by atoms with Gasteiger partial charge in [-0.2, -0.15) is 0 Å². The van der Waals surface area contributed by atoms with Crippen LogP contribution in [0.3, 0.4) is 0 Å². The van der Waals surface area contributed by atoms with Crippen molar-refractivity contribution in [1.82, 2.24) is 0 Å². The van der Waals surface area contributed by atoms with Crippen LogP contribution in [0.5, 0.6) is 0 Å². The van der Waals surface area contributed by atoms with Gasteiger partial charge < -0.3 is 0 Å². The van der Waals surface area contributed by atoms with Gasteiger partial charge in [0, 0.05) is 0 Å². The lowest BCUT2D eigenvalue weighted by Crippen LogP contribution is -1.88. The second-order valence-electron chi connectivity index (χ2n) is 3.06. The van der Waals surface area contributed by atoms with Gasteiger partial charge in [0.15, 0.2) is 0 Å². The lowest BCUT2D eigenvalue weighted by molar-refractivity contribution is 0.562. The van der Waals surface area contributed by atoms with Crippen molar-refractivity contribution in [3.8, 4) is 0 Å². The summed E-state index contributed by atoms with van der Waals surface area (Å²) < 4.78 is 12.5. The summed E-state index contributed by atoms with van der Waals surface area (Å²) >= 11 is 0. The number of halogens is 1. The predicted molar refractivity (Wildman–Crippen MR) is 52.3 cm³/mol. The normalized spacial score (nSPS) is 9.50. The van der Waals surface area contributed by atoms with Gasteiger partial charge >= 0.3 is 0 Å².